The number of benzene rings is 2. The summed E-state index contributed by atoms with van der Waals surface area (Å²) >= 11 is 0. The van der Waals surface area contributed by atoms with Crippen molar-refractivity contribution in [3.8, 4) is 5.75 Å². The van der Waals surface area contributed by atoms with E-state index < -0.39 is 6.09 Å². The lowest BCUT2D eigenvalue weighted by Gasteiger charge is -2.37. The highest BCUT2D eigenvalue weighted by atomic mass is 16.5. The number of likely N-dealkylation sites (tertiary alicyclic amines) is 1. The van der Waals surface area contributed by atoms with E-state index in [-0.39, 0.29) is 5.60 Å². The fraction of sp³-hybridized carbons (Fsp3) is 0.409. The van der Waals surface area contributed by atoms with E-state index in [9.17, 15) is 4.79 Å². The molecule has 0 saturated carbocycles. The summed E-state index contributed by atoms with van der Waals surface area (Å²) in [6.45, 7) is 2.36. The number of carbonyl (C=O) groups is 1. The normalized spacial score (nSPS) is 21.3. The van der Waals surface area contributed by atoms with Crippen molar-refractivity contribution in [1.82, 2.24) is 4.90 Å². The molecule has 142 valence electrons. The highest BCUT2D eigenvalue weighted by molar-refractivity contribution is 5.65. The Morgan fingerprint density at radius 1 is 1.15 bits per heavy atom. The van der Waals surface area contributed by atoms with Crippen molar-refractivity contribution >= 4 is 6.09 Å². The molecule has 1 N–H and O–H groups in total. The molecule has 4 rings (SSSR count). The Hall–Kier alpha value is -2.53. The first kappa shape index (κ1) is 17.9. The maximum Gasteiger partial charge on any atom is 0.407 e. The SMILES string of the molecule is O=C(O)N1CCC2(CC1)C[C@@H](c1cccc(OCc3ccccc3)c1)CO2. The predicted octanol–water partition coefficient (Wildman–Crippen LogP) is 4.28. The molecule has 2 aliphatic heterocycles. The Kier molecular flexibility index (Phi) is 5.03. The smallest absolute Gasteiger partial charge is 0.407 e. The van der Waals surface area contributed by atoms with E-state index in [1.54, 1.807) is 0 Å². The van der Waals surface area contributed by atoms with Crippen molar-refractivity contribution in [2.75, 3.05) is 19.7 Å². The number of hydrogen-bond donors (Lipinski definition) is 1. The number of carboxylic acid groups (broad SMARTS) is 1. The number of hydrogen-bond acceptors (Lipinski definition) is 3. The summed E-state index contributed by atoms with van der Waals surface area (Å²) in [5, 5.41) is 9.13. The Labute approximate surface area is 159 Å². The van der Waals surface area contributed by atoms with Gasteiger partial charge in [-0.1, -0.05) is 42.5 Å². The minimum atomic E-state index is -0.831. The van der Waals surface area contributed by atoms with Gasteiger partial charge in [-0.25, -0.2) is 4.79 Å². The predicted molar refractivity (Wildman–Crippen MR) is 102 cm³/mol. The molecule has 27 heavy (non-hydrogen) atoms. The van der Waals surface area contributed by atoms with Gasteiger partial charge in [0.15, 0.2) is 0 Å². The number of piperidine rings is 1. The Bertz CT molecular complexity index is 784. The van der Waals surface area contributed by atoms with Gasteiger partial charge in [0.2, 0.25) is 0 Å². The van der Waals surface area contributed by atoms with Gasteiger partial charge in [-0.05, 0) is 42.5 Å². The van der Waals surface area contributed by atoms with Gasteiger partial charge in [-0.3, -0.25) is 0 Å². The molecule has 2 aromatic carbocycles. The first-order chi connectivity index (χ1) is 13.1. The first-order valence-corrected chi connectivity index (χ1v) is 9.52. The summed E-state index contributed by atoms with van der Waals surface area (Å²) in [7, 11) is 0. The monoisotopic (exact) mass is 367 g/mol. The Balaban J connectivity index is 1.38. The molecular weight excluding hydrogens is 342 g/mol. The first-order valence-electron chi connectivity index (χ1n) is 9.52. The highest BCUT2D eigenvalue weighted by Crippen LogP contribution is 2.43. The van der Waals surface area contributed by atoms with Crippen LogP contribution >= 0.6 is 0 Å². The van der Waals surface area contributed by atoms with Crippen LogP contribution in [0.5, 0.6) is 5.75 Å². The van der Waals surface area contributed by atoms with Crippen LogP contribution in [0.3, 0.4) is 0 Å². The summed E-state index contributed by atoms with van der Waals surface area (Å²) in [5.74, 6) is 1.21. The molecule has 2 aliphatic rings. The van der Waals surface area contributed by atoms with Crippen molar-refractivity contribution in [3.05, 3.63) is 65.7 Å². The number of nitrogens with zero attached hydrogens (tertiary/aromatic N) is 1. The van der Waals surface area contributed by atoms with Gasteiger partial charge >= 0.3 is 6.09 Å². The van der Waals surface area contributed by atoms with Crippen LogP contribution in [0.25, 0.3) is 0 Å². The third-order valence-corrected chi connectivity index (χ3v) is 5.73. The van der Waals surface area contributed by atoms with E-state index in [0.29, 0.717) is 32.2 Å². The van der Waals surface area contributed by atoms with Gasteiger partial charge in [0.05, 0.1) is 12.2 Å². The third kappa shape index (κ3) is 4.08. The van der Waals surface area contributed by atoms with E-state index in [2.05, 4.69) is 24.3 Å². The topological polar surface area (TPSA) is 59.0 Å². The molecule has 0 unspecified atom stereocenters. The van der Waals surface area contributed by atoms with Gasteiger partial charge in [-0.15, -0.1) is 0 Å². The molecule has 5 heteroatoms. The van der Waals surface area contributed by atoms with Gasteiger partial charge in [-0.2, -0.15) is 0 Å². The Morgan fingerprint density at radius 2 is 1.93 bits per heavy atom. The van der Waals surface area contributed by atoms with E-state index in [1.165, 1.54) is 10.5 Å². The van der Waals surface area contributed by atoms with Gasteiger partial charge in [0, 0.05) is 19.0 Å². The van der Waals surface area contributed by atoms with Crippen molar-refractivity contribution < 1.29 is 19.4 Å². The zero-order valence-corrected chi connectivity index (χ0v) is 15.3. The van der Waals surface area contributed by atoms with Crippen LogP contribution in [0, 0.1) is 0 Å². The molecular formula is C22H25NO4. The van der Waals surface area contributed by atoms with Gasteiger partial charge in [0.25, 0.3) is 0 Å². The van der Waals surface area contributed by atoms with Crippen LogP contribution < -0.4 is 4.74 Å². The molecule has 2 fully saturated rings. The molecule has 0 aliphatic carbocycles. The van der Waals surface area contributed by atoms with Gasteiger partial charge < -0.3 is 19.5 Å². The fourth-order valence-electron chi connectivity index (χ4n) is 4.11. The maximum atomic E-state index is 11.1. The molecule has 2 saturated heterocycles. The summed E-state index contributed by atoms with van der Waals surface area (Å²) in [6, 6.07) is 18.4. The van der Waals surface area contributed by atoms with Crippen LogP contribution in [0.4, 0.5) is 4.79 Å². The highest BCUT2D eigenvalue weighted by Gasteiger charge is 2.43. The van der Waals surface area contributed by atoms with Crippen molar-refractivity contribution in [1.29, 1.82) is 0 Å². The van der Waals surface area contributed by atoms with Crippen molar-refractivity contribution in [2.45, 2.75) is 37.4 Å². The fourth-order valence-corrected chi connectivity index (χ4v) is 4.11. The second kappa shape index (κ2) is 7.61. The number of amides is 1. The van der Waals surface area contributed by atoms with E-state index in [0.717, 1.165) is 30.6 Å². The third-order valence-electron chi connectivity index (χ3n) is 5.73. The summed E-state index contributed by atoms with van der Waals surface area (Å²) in [4.78, 5) is 12.6. The zero-order chi connectivity index (χ0) is 18.7. The average Bonchev–Trinajstić information content (AvgIpc) is 3.11. The zero-order valence-electron chi connectivity index (χ0n) is 15.3. The lowest BCUT2D eigenvalue weighted by molar-refractivity contribution is -0.0394. The largest absolute Gasteiger partial charge is 0.489 e. The van der Waals surface area contributed by atoms with Crippen molar-refractivity contribution in [3.63, 3.8) is 0 Å². The van der Waals surface area contributed by atoms with E-state index in [1.807, 2.05) is 30.3 Å². The average molecular weight is 367 g/mol. The lowest BCUT2D eigenvalue weighted by Crippen LogP contribution is -2.45. The molecule has 0 aromatic heterocycles. The van der Waals surface area contributed by atoms with E-state index >= 15 is 0 Å². The van der Waals surface area contributed by atoms with Crippen molar-refractivity contribution in [2.24, 2.45) is 0 Å². The summed E-state index contributed by atoms with van der Waals surface area (Å²) in [5.41, 5.74) is 2.21. The minimum absolute atomic E-state index is 0.169. The quantitative estimate of drug-likeness (QED) is 0.876. The lowest BCUT2D eigenvalue weighted by atomic mass is 9.83. The summed E-state index contributed by atoms with van der Waals surface area (Å²) < 4.78 is 12.1. The minimum Gasteiger partial charge on any atom is -0.489 e. The van der Waals surface area contributed by atoms with Crippen LogP contribution in [0.1, 0.15) is 36.3 Å². The molecule has 1 atom stereocenters. The van der Waals surface area contributed by atoms with E-state index in [4.69, 9.17) is 14.6 Å². The molecule has 0 radical (unpaired) electrons. The number of ether oxygens (including phenoxy) is 2. The second-order valence-corrected chi connectivity index (χ2v) is 7.51. The molecule has 2 heterocycles. The van der Waals surface area contributed by atoms with Crippen LogP contribution in [-0.4, -0.2) is 41.4 Å². The molecule has 0 bridgehead atoms. The van der Waals surface area contributed by atoms with Crippen LogP contribution in [0.2, 0.25) is 0 Å². The Morgan fingerprint density at radius 3 is 2.67 bits per heavy atom. The molecule has 5 nitrogen and oxygen atoms in total. The van der Waals surface area contributed by atoms with Crippen LogP contribution in [0.15, 0.2) is 54.6 Å². The summed E-state index contributed by atoms with van der Waals surface area (Å²) in [6.07, 6.45) is 1.67. The molecule has 1 spiro atoms. The number of rotatable bonds is 4. The second-order valence-electron chi connectivity index (χ2n) is 7.51. The van der Waals surface area contributed by atoms with Crippen LogP contribution in [-0.2, 0) is 11.3 Å². The molecule has 2 aromatic rings. The maximum absolute atomic E-state index is 11.1. The van der Waals surface area contributed by atoms with Gasteiger partial charge in [0.1, 0.15) is 12.4 Å². The standard InChI is InChI=1S/C22H25NO4/c24-21(25)23-11-9-22(10-12-23)14-19(16-27-22)18-7-4-8-20(13-18)26-15-17-5-2-1-3-6-17/h1-8,13,19H,9-12,14-16H2,(H,24,25)/t19-/m1/s1. The molecule has 1 amide bonds.